The molecule has 0 N–H and O–H groups in total. The summed E-state index contributed by atoms with van der Waals surface area (Å²) in [5, 5.41) is 0.426. The van der Waals surface area contributed by atoms with Gasteiger partial charge in [-0.05, 0) is 29.3 Å². The molecule has 154 valence electrons. The monoisotopic (exact) mass is 431 g/mol. The molecule has 0 radical (unpaired) electrons. The first-order chi connectivity index (χ1) is 15.0. The van der Waals surface area contributed by atoms with E-state index in [1.807, 2.05) is 36.4 Å². The SMILES string of the molecule is O=C1C[C@@H]([C@@]2(c3ccccc3)C(=O)Oc3ccc(Cl)cc32)C(=O)N1Cc1ccccc1. The Kier molecular flexibility index (Phi) is 4.63. The van der Waals surface area contributed by atoms with Crippen LogP contribution >= 0.6 is 11.6 Å². The number of nitrogens with zero attached hydrogens (tertiary/aromatic N) is 1. The van der Waals surface area contributed by atoms with E-state index >= 15 is 0 Å². The summed E-state index contributed by atoms with van der Waals surface area (Å²) in [7, 11) is 0. The summed E-state index contributed by atoms with van der Waals surface area (Å²) in [5.74, 6) is -1.82. The first kappa shape index (κ1) is 19.5. The maximum atomic E-state index is 13.6. The number of likely N-dealkylation sites (tertiary alicyclic amines) is 1. The fraction of sp³-hybridized carbons (Fsp3) is 0.160. The van der Waals surface area contributed by atoms with Gasteiger partial charge in [-0.2, -0.15) is 0 Å². The second-order valence-electron chi connectivity index (χ2n) is 7.76. The normalized spacial score (nSPS) is 22.5. The zero-order valence-electron chi connectivity index (χ0n) is 16.5. The Morgan fingerprint density at radius 2 is 1.61 bits per heavy atom. The van der Waals surface area contributed by atoms with Crippen LogP contribution in [-0.2, 0) is 26.3 Å². The van der Waals surface area contributed by atoms with E-state index in [2.05, 4.69) is 0 Å². The molecule has 0 spiro atoms. The molecular formula is C25H18ClNO4. The van der Waals surface area contributed by atoms with Crippen molar-refractivity contribution in [1.29, 1.82) is 0 Å². The van der Waals surface area contributed by atoms with Crippen LogP contribution in [0.3, 0.4) is 0 Å². The lowest BCUT2D eigenvalue weighted by molar-refractivity contribution is -0.145. The highest BCUT2D eigenvalue weighted by atomic mass is 35.5. The Morgan fingerprint density at radius 3 is 2.32 bits per heavy atom. The standard InChI is InChI=1S/C25H18ClNO4/c26-18-11-12-21-19(13-18)25(24(30)31-21,17-9-5-2-6-10-17)20-14-22(28)27(23(20)29)15-16-7-3-1-4-8-16/h1-13,20H,14-15H2/t20-,25+/m1/s1. The van der Waals surface area contributed by atoms with E-state index in [0.29, 0.717) is 21.9 Å². The number of halogens is 1. The highest BCUT2D eigenvalue weighted by Crippen LogP contribution is 2.52. The molecule has 2 aliphatic heterocycles. The maximum absolute atomic E-state index is 13.6. The van der Waals surface area contributed by atoms with E-state index in [9.17, 15) is 14.4 Å². The minimum absolute atomic E-state index is 0.0817. The van der Waals surface area contributed by atoms with Gasteiger partial charge in [-0.15, -0.1) is 0 Å². The zero-order chi connectivity index (χ0) is 21.6. The third kappa shape index (κ3) is 2.96. The Hall–Kier alpha value is -3.44. The van der Waals surface area contributed by atoms with E-state index in [-0.39, 0.29) is 24.8 Å². The molecule has 6 heteroatoms. The Morgan fingerprint density at radius 1 is 0.935 bits per heavy atom. The smallest absolute Gasteiger partial charge is 0.327 e. The van der Waals surface area contributed by atoms with Crippen molar-refractivity contribution < 1.29 is 19.1 Å². The Balaban J connectivity index is 1.65. The first-order valence-electron chi connectivity index (χ1n) is 9.98. The lowest BCUT2D eigenvalue weighted by Gasteiger charge is -2.31. The predicted molar refractivity (Wildman–Crippen MR) is 114 cm³/mol. The number of benzene rings is 3. The van der Waals surface area contributed by atoms with Crippen molar-refractivity contribution in [1.82, 2.24) is 4.90 Å². The molecule has 3 aromatic rings. The molecule has 2 heterocycles. The van der Waals surface area contributed by atoms with Gasteiger partial charge in [0.15, 0.2) is 0 Å². The lowest BCUT2D eigenvalue weighted by Crippen LogP contribution is -2.46. The van der Waals surface area contributed by atoms with Crippen LogP contribution in [-0.4, -0.2) is 22.7 Å². The van der Waals surface area contributed by atoms with Crippen LogP contribution in [0, 0.1) is 5.92 Å². The molecule has 3 aromatic carbocycles. The Bertz CT molecular complexity index is 1190. The number of ether oxygens (including phenoxy) is 1. The number of imide groups is 1. The Labute approximate surface area is 184 Å². The van der Waals surface area contributed by atoms with Crippen molar-refractivity contribution in [2.24, 2.45) is 5.92 Å². The van der Waals surface area contributed by atoms with Crippen LogP contribution in [0.5, 0.6) is 5.75 Å². The van der Waals surface area contributed by atoms with E-state index in [4.69, 9.17) is 16.3 Å². The second kappa shape index (κ2) is 7.36. The van der Waals surface area contributed by atoms with Gasteiger partial charge in [-0.3, -0.25) is 19.3 Å². The molecule has 2 aliphatic rings. The van der Waals surface area contributed by atoms with Gasteiger partial charge in [-0.25, -0.2) is 0 Å². The van der Waals surface area contributed by atoms with Crippen molar-refractivity contribution in [3.8, 4) is 5.75 Å². The molecule has 5 rings (SSSR count). The van der Waals surface area contributed by atoms with Gasteiger partial charge in [0.05, 0.1) is 12.5 Å². The fourth-order valence-electron chi connectivity index (χ4n) is 4.65. The summed E-state index contributed by atoms with van der Waals surface area (Å²) in [6, 6.07) is 23.2. The molecule has 1 saturated heterocycles. The third-order valence-electron chi connectivity index (χ3n) is 6.07. The molecule has 5 nitrogen and oxygen atoms in total. The average Bonchev–Trinajstić information content (AvgIpc) is 3.23. The highest BCUT2D eigenvalue weighted by molar-refractivity contribution is 6.30. The summed E-state index contributed by atoms with van der Waals surface area (Å²) in [5.41, 5.74) is 0.536. The zero-order valence-corrected chi connectivity index (χ0v) is 17.2. The summed E-state index contributed by atoms with van der Waals surface area (Å²) in [6.45, 7) is 0.164. The van der Waals surface area contributed by atoms with Crippen molar-refractivity contribution in [2.45, 2.75) is 18.4 Å². The average molecular weight is 432 g/mol. The van der Waals surface area contributed by atoms with Gasteiger partial charge in [0.2, 0.25) is 11.8 Å². The van der Waals surface area contributed by atoms with Gasteiger partial charge >= 0.3 is 5.97 Å². The van der Waals surface area contributed by atoms with Crippen molar-refractivity contribution in [2.75, 3.05) is 0 Å². The second-order valence-corrected chi connectivity index (χ2v) is 8.20. The van der Waals surface area contributed by atoms with Crippen molar-refractivity contribution in [3.05, 3.63) is 101 Å². The van der Waals surface area contributed by atoms with Crippen LogP contribution in [0.2, 0.25) is 5.02 Å². The van der Waals surface area contributed by atoms with Crippen LogP contribution < -0.4 is 4.74 Å². The van der Waals surface area contributed by atoms with E-state index in [1.165, 1.54) is 4.90 Å². The molecule has 2 atom stereocenters. The molecule has 0 bridgehead atoms. The number of carbonyl (C=O) groups excluding carboxylic acids is 3. The molecule has 2 amide bonds. The minimum atomic E-state index is -1.43. The number of rotatable bonds is 4. The van der Waals surface area contributed by atoms with Gasteiger partial charge in [-0.1, -0.05) is 72.3 Å². The number of esters is 1. The summed E-state index contributed by atoms with van der Waals surface area (Å²) < 4.78 is 5.60. The molecule has 31 heavy (non-hydrogen) atoms. The molecule has 1 fully saturated rings. The fourth-order valence-corrected chi connectivity index (χ4v) is 4.82. The number of fused-ring (bicyclic) bond motifs is 1. The quantitative estimate of drug-likeness (QED) is 0.354. The summed E-state index contributed by atoms with van der Waals surface area (Å²) in [4.78, 5) is 41.2. The van der Waals surface area contributed by atoms with E-state index in [0.717, 1.165) is 5.56 Å². The number of carbonyl (C=O) groups is 3. The van der Waals surface area contributed by atoms with Crippen LogP contribution in [0.1, 0.15) is 23.1 Å². The van der Waals surface area contributed by atoms with Crippen LogP contribution in [0.25, 0.3) is 0 Å². The summed E-state index contributed by atoms with van der Waals surface area (Å²) >= 11 is 6.26. The topological polar surface area (TPSA) is 63.7 Å². The van der Waals surface area contributed by atoms with Crippen molar-refractivity contribution >= 4 is 29.4 Å². The minimum Gasteiger partial charge on any atom is -0.425 e. The number of hydrogen-bond acceptors (Lipinski definition) is 4. The molecule has 0 aliphatic carbocycles. The third-order valence-corrected chi connectivity index (χ3v) is 6.31. The molecule has 0 saturated carbocycles. The van der Waals surface area contributed by atoms with Gasteiger partial charge in [0.1, 0.15) is 11.2 Å². The number of amides is 2. The first-order valence-corrected chi connectivity index (χ1v) is 10.4. The molecule has 0 unspecified atom stereocenters. The largest absolute Gasteiger partial charge is 0.425 e. The van der Waals surface area contributed by atoms with Gasteiger partial charge in [0, 0.05) is 17.0 Å². The highest BCUT2D eigenvalue weighted by Gasteiger charge is 2.62. The van der Waals surface area contributed by atoms with Crippen LogP contribution in [0.4, 0.5) is 0 Å². The summed E-state index contributed by atoms with van der Waals surface area (Å²) in [6.07, 6.45) is -0.0817. The van der Waals surface area contributed by atoms with Crippen molar-refractivity contribution in [3.63, 3.8) is 0 Å². The molecule has 0 aromatic heterocycles. The van der Waals surface area contributed by atoms with Gasteiger partial charge in [0.25, 0.3) is 0 Å². The van der Waals surface area contributed by atoms with E-state index in [1.54, 1.807) is 42.5 Å². The van der Waals surface area contributed by atoms with Gasteiger partial charge < -0.3 is 4.74 Å². The van der Waals surface area contributed by atoms with Crippen LogP contribution in [0.15, 0.2) is 78.9 Å². The lowest BCUT2D eigenvalue weighted by atomic mass is 9.66. The molecular weight excluding hydrogens is 414 g/mol. The maximum Gasteiger partial charge on any atom is 0.327 e. The predicted octanol–water partition coefficient (Wildman–Crippen LogP) is 4.12. The van der Waals surface area contributed by atoms with E-state index < -0.39 is 17.3 Å². The number of hydrogen-bond donors (Lipinski definition) is 0.